The number of nitrogens with two attached hydrogens (primary N) is 1. The van der Waals surface area contributed by atoms with Gasteiger partial charge in [0.05, 0.1) is 0 Å². The lowest BCUT2D eigenvalue weighted by molar-refractivity contribution is 0.751. The zero-order valence-electron chi connectivity index (χ0n) is 11.0. The maximum absolute atomic E-state index is 5.92. The van der Waals surface area contributed by atoms with Gasteiger partial charge in [0, 0.05) is 25.6 Å². The van der Waals surface area contributed by atoms with E-state index in [1.807, 2.05) is 0 Å². The molecule has 1 aliphatic rings. The highest BCUT2D eigenvalue weighted by atomic mass is 32.1. The molecule has 1 atom stereocenters. The largest absolute Gasteiger partial charge is 0.345 e. The fraction of sp³-hybridized carbons (Fsp3) is 0.429. The second-order valence-corrected chi connectivity index (χ2v) is 6.18. The van der Waals surface area contributed by atoms with E-state index >= 15 is 0 Å². The highest BCUT2D eigenvalue weighted by molar-refractivity contribution is 7.15. The van der Waals surface area contributed by atoms with E-state index in [1.165, 1.54) is 11.1 Å². The zero-order chi connectivity index (χ0) is 13.2. The standard InChI is InChI=1S/C14H18N4S/c1-10-2-4-11(5-3-10)8-13-16-17-14(19-13)18-7-6-12(15)9-18/h2-5,12H,6-9,15H2,1H3. The second kappa shape index (κ2) is 5.27. The molecule has 4 nitrogen and oxygen atoms in total. The van der Waals surface area contributed by atoms with Gasteiger partial charge in [0.1, 0.15) is 5.01 Å². The first-order chi connectivity index (χ1) is 9.20. The van der Waals surface area contributed by atoms with E-state index in [2.05, 4.69) is 46.3 Å². The molecule has 0 radical (unpaired) electrons. The van der Waals surface area contributed by atoms with E-state index in [1.54, 1.807) is 11.3 Å². The third kappa shape index (κ3) is 2.93. The predicted molar refractivity (Wildman–Crippen MR) is 78.7 cm³/mol. The number of nitrogens with zero attached hydrogens (tertiary/aromatic N) is 3. The zero-order valence-corrected chi connectivity index (χ0v) is 11.9. The van der Waals surface area contributed by atoms with Crippen LogP contribution >= 0.6 is 11.3 Å². The number of aryl methyl sites for hydroxylation is 1. The van der Waals surface area contributed by atoms with Crippen molar-refractivity contribution in [2.75, 3.05) is 18.0 Å². The SMILES string of the molecule is Cc1ccc(Cc2nnc(N3CCC(N)C3)s2)cc1. The highest BCUT2D eigenvalue weighted by Gasteiger charge is 2.22. The summed E-state index contributed by atoms with van der Waals surface area (Å²) in [6, 6.07) is 8.86. The number of hydrogen-bond donors (Lipinski definition) is 1. The summed E-state index contributed by atoms with van der Waals surface area (Å²) in [5, 5.41) is 10.7. The summed E-state index contributed by atoms with van der Waals surface area (Å²) in [5.74, 6) is 0. The molecule has 0 amide bonds. The Labute approximate surface area is 117 Å². The van der Waals surface area contributed by atoms with Gasteiger partial charge in [0.2, 0.25) is 5.13 Å². The van der Waals surface area contributed by atoms with Crippen LogP contribution in [0.1, 0.15) is 22.6 Å². The Morgan fingerprint density at radius 2 is 2.11 bits per heavy atom. The van der Waals surface area contributed by atoms with Crippen molar-refractivity contribution in [1.29, 1.82) is 0 Å². The average molecular weight is 274 g/mol. The molecule has 0 aliphatic carbocycles. The summed E-state index contributed by atoms with van der Waals surface area (Å²) >= 11 is 1.68. The van der Waals surface area contributed by atoms with Gasteiger partial charge in [-0.2, -0.15) is 0 Å². The van der Waals surface area contributed by atoms with E-state index in [4.69, 9.17) is 5.73 Å². The van der Waals surface area contributed by atoms with Crippen LogP contribution in [0.4, 0.5) is 5.13 Å². The van der Waals surface area contributed by atoms with E-state index in [-0.39, 0.29) is 6.04 Å². The van der Waals surface area contributed by atoms with Crippen molar-refractivity contribution in [2.24, 2.45) is 5.73 Å². The van der Waals surface area contributed by atoms with Crippen LogP contribution in [0, 0.1) is 6.92 Å². The van der Waals surface area contributed by atoms with Gasteiger partial charge in [-0.3, -0.25) is 0 Å². The summed E-state index contributed by atoms with van der Waals surface area (Å²) in [6.45, 7) is 4.00. The maximum Gasteiger partial charge on any atom is 0.208 e. The predicted octanol–water partition coefficient (Wildman–Crippen LogP) is 1.97. The minimum absolute atomic E-state index is 0.282. The van der Waals surface area contributed by atoms with Crippen molar-refractivity contribution in [1.82, 2.24) is 10.2 Å². The van der Waals surface area contributed by atoms with Crippen LogP contribution in [0.3, 0.4) is 0 Å². The van der Waals surface area contributed by atoms with Crippen LogP contribution in [0.25, 0.3) is 0 Å². The van der Waals surface area contributed by atoms with Gasteiger partial charge in [-0.25, -0.2) is 0 Å². The number of anilines is 1. The lowest BCUT2D eigenvalue weighted by Gasteiger charge is -2.12. The molecule has 1 saturated heterocycles. The van der Waals surface area contributed by atoms with Crippen LogP contribution in [0.15, 0.2) is 24.3 Å². The Hall–Kier alpha value is -1.46. The topological polar surface area (TPSA) is 55.0 Å². The van der Waals surface area contributed by atoms with Gasteiger partial charge in [0.25, 0.3) is 0 Å². The maximum atomic E-state index is 5.92. The van der Waals surface area contributed by atoms with Crippen molar-refractivity contribution in [3.05, 3.63) is 40.4 Å². The van der Waals surface area contributed by atoms with Gasteiger partial charge in [-0.05, 0) is 18.9 Å². The normalized spacial score (nSPS) is 19.1. The van der Waals surface area contributed by atoms with Gasteiger partial charge >= 0.3 is 0 Å². The van der Waals surface area contributed by atoms with Gasteiger partial charge in [-0.15, -0.1) is 10.2 Å². The molecule has 0 spiro atoms. The van der Waals surface area contributed by atoms with E-state index < -0.39 is 0 Å². The minimum Gasteiger partial charge on any atom is -0.345 e. The fourth-order valence-corrected chi connectivity index (χ4v) is 3.19. The highest BCUT2D eigenvalue weighted by Crippen LogP contribution is 2.25. The summed E-state index contributed by atoms with van der Waals surface area (Å²) in [7, 11) is 0. The number of hydrogen-bond acceptors (Lipinski definition) is 5. The van der Waals surface area contributed by atoms with Crippen molar-refractivity contribution in [3.63, 3.8) is 0 Å². The molecule has 1 fully saturated rings. The molecule has 0 bridgehead atoms. The molecule has 1 unspecified atom stereocenters. The molecule has 3 rings (SSSR count). The van der Waals surface area contributed by atoms with Crippen molar-refractivity contribution >= 4 is 16.5 Å². The molecule has 1 aromatic carbocycles. The molecular weight excluding hydrogens is 256 g/mol. The van der Waals surface area contributed by atoms with Crippen LogP contribution < -0.4 is 10.6 Å². The molecule has 2 N–H and O–H groups in total. The average Bonchev–Trinajstić information content (AvgIpc) is 3.01. The molecule has 100 valence electrons. The third-order valence-electron chi connectivity index (χ3n) is 3.43. The summed E-state index contributed by atoms with van der Waals surface area (Å²) < 4.78 is 0. The number of benzene rings is 1. The summed E-state index contributed by atoms with van der Waals surface area (Å²) in [6.07, 6.45) is 1.91. The molecule has 1 aliphatic heterocycles. The number of rotatable bonds is 3. The summed E-state index contributed by atoms with van der Waals surface area (Å²) in [5.41, 5.74) is 8.49. The van der Waals surface area contributed by atoms with Crippen molar-refractivity contribution in [3.8, 4) is 0 Å². The molecular formula is C14H18N4S. The quantitative estimate of drug-likeness (QED) is 0.930. The van der Waals surface area contributed by atoms with Crippen LogP contribution in [-0.4, -0.2) is 29.3 Å². The Morgan fingerprint density at radius 3 is 2.79 bits per heavy atom. The van der Waals surface area contributed by atoms with Crippen LogP contribution in [0.2, 0.25) is 0 Å². The Bertz CT molecular complexity index is 549. The van der Waals surface area contributed by atoms with Gasteiger partial charge in [0.15, 0.2) is 0 Å². The first kappa shape index (κ1) is 12.6. The first-order valence-corrected chi connectivity index (χ1v) is 7.41. The van der Waals surface area contributed by atoms with E-state index in [0.717, 1.165) is 36.1 Å². The molecule has 5 heteroatoms. The molecule has 19 heavy (non-hydrogen) atoms. The molecule has 1 aromatic heterocycles. The monoisotopic (exact) mass is 274 g/mol. The smallest absolute Gasteiger partial charge is 0.208 e. The molecule has 0 saturated carbocycles. The van der Waals surface area contributed by atoms with Gasteiger partial charge < -0.3 is 10.6 Å². The fourth-order valence-electron chi connectivity index (χ4n) is 2.29. The molecule has 2 aromatic rings. The minimum atomic E-state index is 0.282. The molecule has 2 heterocycles. The second-order valence-electron chi connectivity index (χ2n) is 5.14. The van der Waals surface area contributed by atoms with Gasteiger partial charge in [-0.1, -0.05) is 41.2 Å². The Balaban J connectivity index is 1.69. The van der Waals surface area contributed by atoms with Crippen LogP contribution in [0.5, 0.6) is 0 Å². The first-order valence-electron chi connectivity index (χ1n) is 6.59. The summed E-state index contributed by atoms with van der Waals surface area (Å²) in [4.78, 5) is 2.24. The van der Waals surface area contributed by atoms with Crippen molar-refractivity contribution < 1.29 is 0 Å². The number of aromatic nitrogens is 2. The van der Waals surface area contributed by atoms with E-state index in [0.29, 0.717) is 0 Å². The lowest BCUT2D eigenvalue weighted by Crippen LogP contribution is -2.26. The third-order valence-corrected chi connectivity index (χ3v) is 4.41. The Morgan fingerprint density at radius 1 is 1.32 bits per heavy atom. The van der Waals surface area contributed by atoms with Crippen LogP contribution in [-0.2, 0) is 6.42 Å². The van der Waals surface area contributed by atoms with Crippen molar-refractivity contribution in [2.45, 2.75) is 25.8 Å². The van der Waals surface area contributed by atoms with E-state index in [9.17, 15) is 0 Å². The Kier molecular flexibility index (Phi) is 3.48. The lowest BCUT2D eigenvalue weighted by atomic mass is 10.1.